The maximum atomic E-state index is 13.1. The molecule has 0 bridgehead atoms. The number of nitrogens with one attached hydrogen (secondary N) is 1. The van der Waals surface area contributed by atoms with Gasteiger partial charge in [-0.15, -0.1) is 0 Å². The van der Waals surface area contributed by atoms with Crippen LogP contribution in [0, 0.1) is 6.92 Å². The largest absolute Gasteiger partial charge is 0.497 e. The van der Waals surface area contributed by atoms with E-state index in [1.807, 2.05) is 36.4 Å². The molecule has 0 aliphatic carbocycles. The Kier molecular flexibility index (Phi) is 5.30. The van der Waals surface area contributed by atoms with Gasteiger partial charge in [0, 0.05) is 24.3 Å². The van der Waals surface area contributed by atoms with E-state index in [0.29, 0.717) is 4.88 Å². The molecule has 144 valence electrons. The van der Waals surface area contributed by atoms with Crippen LogP contribution in [0.3, 0.4) is 0 Å². The van der Waals surface area contributed by atoms with E-state index >= 15 is 0 Å². The first-order chi connectivity index (χ1) is 13.6. The first-order valence-corrected chi connectivity index (χ1v) is 10.2. The summed E-state index contributed by atoms with van der Waals surface area (Å²) in [7, 11) is 1.62. The number of methoxy groups -OCH3 is 1. The zero-order chi connectivity index (χ0) is 19.5. The molecule has 1 N–H and O–H groups in total. The van der Waals surface area contributed by atoms with E-state index in [0.717, 1.165) is 40.9 Å². The van der Waals surface area contributed by atoms with Gasteiger partial charge in [0.1, 0.15) is 10.6 Å². The van der Waals surface area contributed by atoms with Gasteiger partial charge in [0.15, 0.2) is 5.13 Å². The van der Waals surface area contributed by atoms with Crippen LogP contribution in [-0.2, 0) is 0 Å². The summed E-state index contributed by atoms with van der Waals surface area (Å²) in [5, 5.41) is 3.92. The smallest absolute Gasteiger partial charge is 0.268 e. The number of hydrogen-bond donors (Lipinski definition) is 1. The number of rotatable bonds is 5. The van der Waals surface area contributed by atoms with Crippen molar-refractivity contribution in [3.05, 3.63) is 59.0 Å². The summed E-state index contributed by atoms with van der Waals surface area (Å²) in [4.78, 5) is 20.8. The number of aryl methyl sites for hydroxylation is 1. The Labute approximate surface area is 169 Å². The summed E-state index contributed by atoms with van der Waals surface area (Å²) in [6.45, 7) is 4.05. The Morgan fingerprint density at radius 1 is 1.07 bits per heavy atom. The van der Waals surface area contributed by atoms with Gasteiger partial charge in [0.25, 0.3) is 5.91 Å². The number of ether oxygens (including phenoxy) is 1. The molecule has 6 heteroatoms. The molecule has 0 unspecified atom stereocenters. The lowest BCUT2D eigenvalue weighted by molar-refractivity contribution is 0.103. The fourth-order valence-corrected chi connectivity index (χ4v) is 4.31. The topological polar surface area (TPSA) is 54.5 Å². The molecule has 2 aromatic carbocycles. The standard InChI is InChI=1S/C22H23N3O2S/c1-15-5-7-16(8-6-15)19-20(28-22(24-19)25-13-3-4-14-25)21(26)23-17-9-11-18(27-2)12-10-17/h5-12H,3-4,13-14H2,1-2H3,(H,23,26). The summed E-state index contributed by atoms with van der Waals surface area (Å²) in [5.41, 5.74) is 3.63. The number of carbonyl (C=O) groups excluding carboxylic acids is 1. The lowest BCUT2D eigenvalue weighted by Crippen LogP contribution is -2.17. The highest BCUT2D eigenvalue weighted by molar-refractivity contribution is 7.18. The molecule has 0 saturated carbocycles. The average Bonchev–Trinajstić information content (AvgIpc) is 3.39. The summed E-state index contributed by atoms with van der Waals surface area (Å²) < 4.78 is 5.18. The van der Waals surface area contributed by atoms with Gasteiger partial charge in [0.2, 0.25) is 0 Å². The van der Waals surface area contributed by atoms with Gasteiger partial charge >= 0.3 is 0 Å². The molecule has 5 nitrogen and oxygen atoms in total. The van der Waals surface area contributed by atoms with E-state index in [1.165, 1.54) is 29.7 Å². The second-order valence-electron chi connectivity index (χ2n) is 6.92. The average molecular weight is 394 g/mol. The van der Waals surface area contributed by atoms with Crippen molar-refractivity contribution < 1.29 is 9.53 Å². The minimum Gasteiger partial charge on any atom is -0.497 e. The first kappa shape index (κ1) is 18.5. The Balaban J connectivity index is 1.66. The van der Waals surface area contributed by atoms with Gasteiger partial charge < -0.3 is 15.0 Å². The molecular weight excluding hydrogens is 370 g/mol. The number of carbonyl (C=O) groups is 1. The number of nitrogens with zero attached hydrogens (tertiary/aromatic N) is 2. The predicted octanol–water partition coefficient (Wildman–Crippen LogP) is 4.98. The Bertz CT molecular complexity index is 958. The number of anilines is 2. The highest BCUT2D eigenvalue weighted by atomic mass is 32.1. The maximum Gasteiger partial charge on any atom is 0.268 e. The number of hydrogen-bond acceptors (Lipinski definition) is 5. The molecule has 1 saturated heterocycles. The van der Waals surface area contributed by atoms with Crippen molar-refractivity contribution in [2.75, 3.05) is 30.4 Å². The highest BCUT2D eigenvalue weighted by Crippen LogP contribution is 2.35. The second-order valence-corrected chi connectivity index (χ2v) is 7.89. The van der Waals surface area contributed by atoms with Gasteiger partial charge in [-0.25, -0.2) is 4.98 Å². The summed E-state index contributed by atoms with van der Waals surface area (Å²) in [6, 6.07) is 15.5. The molecule has 0 spiro atoms. The summed E-state index contributed by atoms with van der Waals surface area (Å²) in [6.07, 6.45) is 2.35. The van der Waals surface area contributed by atoms with Crippen molar-refractivity contribution in [1.29, 1.82) is 0 Å². The summed E-state index contributed by atoms with van der Waals surface area (Å²) in [5.74, 6) is 0.621. The minimum atomic E-state index is -0.135. The number of benzene rings is 2. The van der Waals surface area contributed by atoms with E-state index in [1.54, 1.807) is 7.11 Å². The highest BCUT2D eigenvalue weighted by Gasteiger charge is 2.24. The Morgan fingerprint density at radius 3 is 2.39 bits per heavy atom. The lowest BCUT2D eigenvalue weighted by Gasteiger charge is -2.12. The van der Waals surface area contributed by atoms with Crippen molar-refractivity contribution in [2.45, 2.75) is 19.8 Å². The third-order valence-corrected chi connectivity index (χ3v) is 5.99. The fourth-order valence-electron chi connectivity index (χ4n) is 3.28. The molecule has 3 aromatic rings. The molecule has 1 fully saturated rings. The van der Waals surface area contributed by atoms with Crippen molar-refractivity contribution in [1.82, 2.24) is 4.98 Å². The zero-order valence-electron chi connectivity index (χ0n) is 16.1. The van der Waals surface area contributed by atoms with Gasteiger partial charge in [-0.05, 0) is 44.0 Å². The van der Waals surface area contributed by atoms with Crippen LogP contribution >= 0.6 is 11.3 Å². The van der Waals surface area contributed by atoms with Crippen LogP contribution in [-0.4, -0.2) is 31.1 Å². The van der Waals surface area contributed by atoms with Crippen LogP contribution in [0.25, 0.3) is 11.3 Å². The van der Waals surface area contributed by atoms with E-state index < -0.39 is 0 Å². The van der Waals surface area contributed by atoms with E-state index in [4.69, 9.17) is 9.72 Å². The third-order valence-electron chi connectivity index (χ3n) is 4.87. The van der Waals surface area contributed by atoms with E-state index in [2.05, 4.69) is 29.3 Å². The molecule has 1 aliphatic rings. The zero-order valence-corrected chi connectivity index (χ0v) is 16.9. The van der Waals surface area contributed by atoms with Gasteiger partial charge in [-0.1, -0.05) is 41.2 Å². The van der Waals surface area contributed by atoms with Crippen LogP contribution < -0.4 is 15.0 Å². The molecule has 1 amide bonds. The molecule has 2 heterocycles. The number of thiazole rings is 1. The molecule has 1 aliphatic heterocycles. The molecule has 1 aromatic heterocycles. The van der Waals surface area contributed by atoms with Crippen LogP contribution in [0.5, 0.6) is 5.75 Å². The molecule has 0 radical (unpaired) electrons. The van der Waals surface area contributed by atoms with Crippen molar-refractivity contribution in [2.24, 2.45) is 0 Å². The van der Waals surface area contributed by atoms with Crippen LogP contribution in [0.4, 0.5) is 10.8 Å². The first-order valence-electron chi connectivity index (χ1n) is 9.42. The Hall–Kier alpha value is -2.86. The van der Waals surface area contributed by atoms with Gasteiger partial charge in [-0.2, -0.15) is 0 Å². The minimum absolute atomic E-state index is 0.135. The van der Waals surface area contributed by atoms with Gasteiger partial charge in [0.05, 0.1) is 12.8 Å². The monoisotopic (exact) mass is 393 g/mol. The Morgan fingerprint density at radius 2 is 1.75 bits per heavy atom. The van der Waals surface area contributed by atoms with Crippen LogP contribution in [0.2, 0.25) is 0 Å². The number of aromatic nitrogens is 1. The van der Waals surface area contributed by atoms with E-state index in [9.17, 15) is 4.79 Å². The SMILES string of the molecule is COc1ccc(NC(=O)c2sc(N3CCCC3)nc2-c2ccc(C)cc2)cc1. The van der Waals surface area contributed by atoms with Crippen molar-refractivity contribution >= 4 is 28.1 Å². The normalized spacial score (nSPS) is 13.6. The van der Waals surface area contributed by atoms with Crippen LogP contribution in [0.1, 0.15) is 28.1 Å². The van der Waals surface area contributed by atoms with Crippen molar-refractivity contribution in [3.8, 4) is 17.0 Å². The van der Waals surface area contributed by atoms with Crippen molar-refractivity contribution in [3.63, 3.8) is 0 Å². The second kappa shape index (κ2) is 8.02. The fraction of sp³-hybridized carbons (Fsp3) is 0.273. The number of amides is 1. The quantitative estimate of drug-likeness (QED) is 0.664. The lowest BCUT2D eigenvalue weighted by atomic mass is 10.1. The van der Waals surface area contributed by atoms with Crippen LogP contribution in [0.15, 0.2) is 48.5 Å². The maximum absolute atomic E-state index is 13.1. The molecule has 4 rings (SSSR count). The third kappa shape index (κ3) is 3.87. The van der Waals surface area contributed by atoms with Gasteiger partial charge in [-0.3, -0.25) is 4.79 Å². The molecule has 0 atom stereocenters. The van der Waals surface area contributed by atoms with E-state index in [-0.39, 0.29) is 5.91 Å². The predicted molar refractivity (Wildman–Crippen MR) is 115 cm³/mol. The molecular formula is C22H23N3O2S. The summed E-state index contributed by atoms with van der Waals surface area (Å²) >= 11 is 1.47. The molecule has 28 heavy (non-hydrogen) atoms.